The molecule has 0 aliphatic carbocycles. The second-order valence-electron chi connectivity index (χ2n) is 7.34. The van der Waals surface area contributed by atoms with Crippen LogP contribution in [0.2, 0.25) is 0 Å². The smallest absolute Gasteiger partial charge is 0.317 e. The molecule has 0 saturated carbocycles. The molecule has 1 aromatic carbocycles. The maximum absolute atomic E-state index is 11.8. The Hall–Kier alpha value is -2.76. The van der Waals surface area contributed by atoms with Crippen molar-refractivity contribution in [3.63, 3.8) is 0 Å². The van der Waals surface area contributed by atoms with Gasteiger partial charge >= 0.3 is 5.97 Å². The van der Waals surface area contributed by atoms with E-state index in [1.807, 2.05) is 37.8 Å². The van der Waals surface area contributed by atoms with Crippen molar-refractivity contribution in [1.29, 1.82) is 0 Å². The molecular weight excluding hydrogens is 328 g/mol. The van der Waals surface area contributed by atoms with E-state index in [4.69, 9.17) is 5.73 Å². The van der Waals surface area contributed by atoms with Crippen LogP contribution in [0.25, 0.3) is 0 Å². The topological polar surface area (TPSA) is 84.4 Å². The highest BCUT2D eigenvalue weighted by Gasteiger charge is 2.50. The quantitative estimate of drug-likeness (QED) is 0.862. The van der Waals surface area contributed by atoms with Crippen LogP contribution >= 0.6 is 0 Å². The Morgan fingerprint density at radius 1 is 1.23 bits per heavy atom. The van der Waals surface area contributed by atoms with Gasteiger partial charge in [-0.1, -0.05) is 24.3 Å². The van der Waals surface area contributed by atoms with Crippen molar-refractivity contribution in [2.75, 3.05) is 0 Å². The van der Waals surface area contributed by atoms with Gasteiger partial charge in [0.15, 0.2) is 0 Å². The summed E-state index contributed by atoms with van der Waals surface area (Å²) < 4.78 is 1.92. The third-order valence-electron chi connectivity index (χ3n) is 5.61. The molecule has 0 spiro atoms. The fraction of sp³-hybridized carbons (Fsp3) is 0.400. The molecule has 2 atom stereocenters. The van der Waals surface area contributed by atoms with E-state index in [9.17, 15) is 9.90 Å². The van der Waals surface area contributed by atoms with E-state index in [0.717, 1.165) is 23.4 Å². The molecular formula is C20H26N4O2. The Bertz CT molecular complexity index is 853. The first-order chi connectivity index (χ1) is 12.2. The lowest BCUT2D eigenvalue weighted by Gasteiger charge is -2.32. The second kappa shape index (κ2) is 6.52. The first-order valence-corrected chi connectivity index (χ1v) is 8.77. The molecule has 0 saturated heterocycles. The average Bonchev–Trinajstić information content (AvgIpc) is 3.08. The van der Waals surface area contributed by atoms with Gasteiger partial charge in [0.2, 0.25) is 0 Å². The number of aromatic nitrogens is 2. The highest BCUT2D eigenvalue weighted by atomic mass is 16.4. The number of hydrogen-bond donors (Lipinski definition) is 2. The molecule has 1 aliphatic rings. The van der Waals surface area contributed by atoms with Crippen molar-refractivity contribution in [2.45, 2.75) is 46.8 Å². The highest BCUT2D eigenvalue weighted by Crippen LogP contribution is 2.42. The number of aliphatic carboxylic acids is 1. The largest absolute Gasteiger partial charge is 0.480 e. The van der Waals surface area contributed by atoms with Gasteiger partial charge < -0.3 is 15.7 Å². The number of hydrogen-bond acceptors (Lipinski definition) is 4. The minimum Gasteiger partial charge on any atom is -0.480 e. The van der Waals surface area contributed by atoms with E-state index in [-0.39, 0.29) is 6.04 Å². The third-order valence-corrected chi connectivity index (χ3v) is 5.61. The van der Waals surface area contributed by atoms with Crippen molar-refractivity contribution in [3.05, 3.63) is 64.7 Å². The number of nitrogens with zero attached hydrogens (tertiary/aromatic N) is 3. The van der Waals surface area contributed by atoms with Crippen LogP contribution in [-0.2, 0) is 17.9 Å². The van der Waals surface area contributed by atoms with E-state index in [0.29, 0.717) is 12.2 Å². The number of rotatable bonds is 5. The average molecular weight is 354 g/mol. The van der Waals surface area contributed by atoms with Crippen molar-refractivity contribution in [3.8, 4) is 0 Å². The molecule has 138 valence electrons. The molecule has 26 heavy (non-hydrogen) atoms. The summed E-state index contributed by atoms with van der Waals surface area (Å²) in [6.45, 7) is 8.92. The number of benzene rings is 1. The lowest BCUT2D eigenvalue weighted by Crippen LogP contribution is -2.44. The summed E-state index contributed by atoms with van der Waals surface area (Å²) in [6.07, 6.45) is 3.87. The first kappa shape index (κ1) is 18.0. The van der Waals surface area contributed by atoms with E-state index in [1.165, 1.54) is 5.56 Å². The summed E-state index contributed by atoms with van der Waals surface area (Å²) in [6, 6.07) is 8.14. The van der Waals surface area contributed by atoms with Crippen molar-refractivity contribution in [1.82, 2.24) is 14.7 Å². The van der Waals surface area contributed by atoms with Crippen LogP contribution in [0.1, 0.15) is 37.5 Å². The Kier molecular flexibility index (Phi) is 4.52. The van der Waals surface area contributed by atoms with Gasteiger partial charge in [0.05, 0.1) is 12.7 Å². The minimum absolute atomic E-state index is 0.202. The van der Waals surface area contributed by atoms with Gasteiger partial charge in [-0.2, -0.15) is 5.10 Å². The predicted molar refractivity (Wildman–Crippen MR) is 100 cm³/mol. The van der Waals surface area contributed by atoms with Crippen molar-refractivity contribution < 1.29 is 9.90 Å². The van der Waals surface area contributed by atoms with Crippen LogP contribution in [0.5, 0.6) is 0 Å². The number of nitrogens with two attached hydrogens (primary N) is 1. The summed E-state index contributed by atoms with van der Waals surface area (Å²) in [5.74, 6) is -0.880. The number of carbonyl (C=O) groups is 1. The fourth-order valence-electron chi connectivity index (χ4n) is 3.59. The zero-order valence-electron chi connectivity index (χ0n) is 15.7. The van der Waals surface area contributed by atoms with Gasteiger partial charge in [0.1, 0.15) is 5.41 Å². The summed E-state index contributed by atoms with van der Waals surface area (Å²) >= 11 is 0. The van der Waals surface area contributed by atoms with Crippen LogP contribution in [0.4, 0.5) is 0 Å². The van der Waals surface area contributed by atoms with E-state index in [1.54, 1.807) is 6.92 Å². The molecule has 3 rings (SSSR count). The molecule has 0 fully saturated rings. The van der Waals surface area contributed by atoms with Gasteiger partial charge in [0.25, 0.3) is 0 Å². The Morgan fingerprint density at radius 3 is 2.27 bits per heavy atom. The molecule has 0 bridgehead atoms. The fourth-order valence-corrected chi connectivity index (χ4v) is 3.59. The summed E-state index contributed by atoms with van der Waals surface area (Å²) in [7, 11) is 0. The second-order valence-corrected chi connectivity index (χ2v) is 7.34. The standard InChI is InChI=1S/C20H26N4O2/c1-13-9-22-23(10-13)11-16-5-7-17(8-6-16)12-24-14(2)18(21)20(4,15(24)3)19(25)26/h5-10,15H,11-12,21H2,1-4H3,(H,25,26). The normalized spacial score (nSPS) is 22.9. The molecule has 2 aromatic rings. The summed E-state index contributed by atoms with van der Waals surface area (Å²) in [5.41, 5.74) is 9.83. The molecule has 6 heteroatoms. The SMILES string of the molecule is CC1=C(N)C(C)(C(=O)O)C(C)N1Cc1ccc(Cn2cc(C)cn2)cc1. The van der Waals surface area contributed by atoms with E-state index >= 15 is 0 Å². The van der Waals surface area contributed by atoms with E-state index < -0.39 is 11.4 Å². The number of carboxylic acids is 1. The monoisotopic (exact) mass is 354 g/mol. The van der Waals surface area contributed by atoms with Gasteiger partial charge in [-0.3, -0.25) is 9.48 Å². The molecule has 6 nitrogen and oxygen atoms in total. The Balaban J connectivity index is 1.74. The van der Waals surface area contributed by atoms with Crippen LogP contribution < -0.4 is 5.73 Å². The molecule has 3 N–H and O–H groups in total. The van der Waals surface area contributed by atoms with Gasteiger partial charge in [-0.05, 0) is 44.4 Å². The Labute approximate surface area is 153 Å². The van der Waals surface area contributed by atoms with Crippen LogP contribution in [0.3, 0.4) is 0 Å². The van der Waals surface area contributed by atoms with E-state index in [2.05, 4.69) is 34.3 Å². The lowest BCUT2D eigenvalue weighted by molar-refractivity contribution is -0.147. The van der Waals surface area contributed by atoms with Crippen LogP contribution in [0, 0.1) is 12.3 Å². The molecule has 1 aromatic heterocycles. The predicted octanol–water partition coefficient (Wildman–Crippen LogP) is 2.73. The molecule has 1 aliphatic heterocycles. The van der Waals surface area contributed by atoms with Crippen molar-refractivity contribution >= 4 is 5.97 Å². The molecule has 0 radical (unpaired) electrons. The number of allylic oxidation sites excluding steroid dienone is 1. The molecule has 2 heterocycles. The maximum atomic E-state index is 11.8. The minimum atomic E-state index is -1.05. The van der Waals surface area contributed by atoms with Crippen LogP contribution in [-0.4, -0.2) is 31.8 Å². The maximum Gasteiger partial charge on any atom is 0.317 e. The summed E-state index contributed by atoms with van der Waals surface area (Å²) in [4.78, 5) is 13.8. The lowest BCUT2D eigenvalue weighted by atomic mass is 9.82. The first-order valence-electron chi connectivity index (χ1n) is 8.77. The molecule has 2 unspecified atom stereocenters. The van der Waals surface area contributed by atoms with Gasteiger partial charge in [0, 0.05) is 30.2 Å². The van der Waals surface area contributed by atoms with Crippen LogP contribution in [0.15, 0.2) is 48.1 Å². The zero-order chi connectivity index (χ0) is 19.1. The van der Waals surface area contributed by atoms with Gasteiger partial charge in [-0.15, -0.1) is 0 Å². The number of aryl methyl sites for hydroxylation is 1. The summed E-state index contributed by atoms with van der Waals surface area (Å²) in [5, 5.41) is 14.0. The third kappa shape index (κ3) is 2.96. The Morgan fingerprint density at radius 2 is 1.81 bits per heavy atom. The zero-order valence-corrected chi connectivity index (χ0v) is 15.7. The number of carboxylic acid groups (broad SMARTS) is 1. The van der Waals surface area contributed by atoms with Gasteiger partial charge in [-0.25, -0.2) is 0 Å². The highest BCUT2D eigenvalue weighted by molar-refractivity contribution is 5.80. The van der Waals surface area contributed by atoms with Crippen molar-refractivity contribution in [2.24, 2.45) is 11.1 Å². The molecule has 0 amide bonds.